The number of carbonyl (C=O) groups excluding carboxylic acids is 2. The maximum atomic E-state index is 13.2. The number of aromatic nitrogens is 1. The number of aliphatic hydroxyl groups excluding tert-OH is 1. The van der Waals surface area contributed by atoms with Crippen LogP contribution in [0.15, 0.2) is 78.5 Å². The van der Waals surface area contributed by atoms with Gasteiger partial charge in [-0.25, -0.2) is 0 Å². The number of pyridine rings is 1. The molecule has 1 amide bonds. The molecule has 1 aromatic heterocycles. The summed E-state index contributed by atoms with van der Waals surface area (Å²) in [6.45, 7) is 2.60. The number of Topliss-reactive ketones (excluding diaryl/α,β-unsaturated/α-hetero) is 1. The molecule has 1 fully saturated rings. The van der Waals surface area contributed by atoms with Gasteiger partial charge in [-0.3, -0.25) is 19.5 Å². The normalized spacial score (nSPS) is 17.1. The SMILES string of the molecule is CCCOc1ccc(/C(O)=C2/C(=O)C(=O)N(c3ccc(N(C)C)cc3)C2c2ccccn2)cc1. The van der Waals surface area contributed by atoms with Crippen LogP contribution in [0.4, 0.5) is 11.4 Å². The first kappa shape index (κ1) is 23.0. The van der Waals surface area contributed by atoms with Gasteiger partial charge >= 0.3 is 0 Å². The van der Waals surface area contributed by atoms with E-state index >= 15 is 0 Å². The smallest absolute Gasteiger partial charge is 0.300 e. The highest BCUT2D eigenvalue weighted by molar-refractivity contribution is 6.51. The molecule has 2 aromatic carbocycles. The van der Waals surface area contributed by atoms with E-state index in [-0.39, 0.29) is 11.3 Å². The van der Waals surface area contributed by atoms with Gasteiger partial charge < -0.3 is 14.7 Å². The average molecular weight is 458 g/mol. The molecule has 1 aliphatic rings. The van der Waals surface area contributed by atoms with Crippen LogP contribution in [0, 0.1) is 0 Å². The monoisotopic (exact) mass is 457 g/mol. The standard InChI is InChI=1S/C27H27N3O4/c1-4-17-34-21-14-8-18(9-15-21)25(31)23-24(22-7-5-6-16-28-22)30(27(33)26(23)32)20-12-10-19(11-13-20)29(2)3/h5-16,24,31H,4,17H2,1-3H3/b25-23-. The average Bonchev–Trinajstić information content (AvgIpc) is 3.13. The van der Waals surface area contributed by atoms with Crippen molar-refractivity contribution in [2.75, 3.05) is 30.5 Å². The Hall–Kier alpha value is -4.13. The van der Waals surface area contributed by atoms with E-state index in [2.05, 4.69) is 4.98 Å². The molecule has 0 spiro atoms. The topological polar surface area (TPSA) is 83.0 Å². The Labute approximate surface area is 198 Å². The van der Waals surface area contributed by atoms with Gasteiger partial charge in [0.2, 0.25) is 0 Å². The number of amides is 1. The third kappa shape index (κ3) is 4.37. The maximum absolute atomic E-state index is 13.2. The lowest BCUT2D eigenvalue weighted by molar-refractivity contribution is -0.132. The highest BCUT2D eigenvalue weighted by Crippen LogP contribution is 2.41. The zero-order valence-electron chi connectivity index (χ0n) is 19.4. The molecule has 1 atom stereocenters. The van der Waals surface area contributed by atoms with Gasteiger partial charge in [0, 0.05) is 37.2 Å². The van der Waals surface area contributed by atoms with E-state index in [4.69, 9.17) is 4.74 Å². The van der Waals surface area contributed by atoms with Crippen LogP contribution in [0.1, 0.15) is 30.6 Å². The third-order valence-corrected chi connectivity index (χ3v) is 5.66. The van der Waals surface area contributed by atoms with Gasteiger partial charge in [-0.2, -0.15) is 0 Å². The molecule has 0 bridgehead atoms. The summed E-state index contributed by atoms with van der Waals surface area (Å²) in [6, 6.07) is 18.6. The van der Waals surface area contributed by atoms with Crippen LogP contribution < -0.4 is 14.5 Å². The molecule has 0 radical (unpaired) electrons. The molecule has 4 rings (SSSR count). The quantitative estimate of drug-likeness (QED) is 0.318. The summed E-state index contributed by atoms with van der Waals surface area (Å²) in [5, 5.41) is 11.2. The molecular formula is C27H27N3O4. The molecule has 7 heteroatoms. The van der Waals surface area contributed by atoms with Crippen molar-refractivity contribution in [2.45, 2.75) is 19.4 Å². The number of hydrogen-bond acceptors (Lipinski definition) is 6. The predicted octanol–water partition coefficient (Wildman–Crippen LogP) is 4.56. The summed E-state index contributed by atoms with van der Waals surface area (Å²) in [5.74, 6) is -1.04. The van der Waals surface area contributed by atoms with Crippen molar-refractivity contribution in [3.8, 4) is 5.75 Å². The Balaban J connectivity index is 1.81. The number of anilines is 2. The van der Waals surface area contributed by atoms with Gasteiger partial charge in [-0.1, -0.05) is 13.0 Å². The van der Waals surface area contributed by atoms with E-state index in [0.29, 0.717) is 29.3 Å². The molecule has 174 valence electrons. The second-order valence-corrected chi connectivity index (χ2v) is 8.21. The molecule has 34 heavy (non-hydrogen) atoms. The molecule has 7 nitrogen and oxygen atoms in total. The van der Waals surface area contributed by atoms with Gasteiger partial charge in [-0.15, -0.1) is 0 Å². The molecule has 0 aliphatic carbocycles. The Morgan fingerprint density at radius 1 is 1.03 bits per heavy atom. The summed E-state index contributed by atoms with van der Waals surface area (Å²) in [4.78, 5) is 34.2. The highest BCUT2D eigenvalue weighted by Gasteiger charge is 2.47. The number of ketones is 1. The minimum atomic E-state index is -0.859. The Morgan fingerprint density at radius 2 is 1.74 bits per heavy atom. The van der Waals surface area contributed by atoms with Crippen molar-refractivity contribution >= 4 is 28.8 Å². The van der Waals surface area contributed by atoms with E-state index in [0.717, 1.165) is 12.1 Å². The van der Waals surface area contributed by atoms with E-state index in [9.17, 15) is 14.7 Å². The molecule has 2 heterocycles. The first-order chi connectivity index (χ1) is 16.4. The van der Waals surface area contributed by atoms with Crippen LogP contribution in [0.5, 0.6) is 5.75 Å². The highest BCUT2D eigenvalue weighted by atomic mass is 16.5. The minimum Gasteiger partial charge on any atom is -0.507 e. The number of rotatable bonds is 7. The largest absolute Gasteiger partial charge is 0.507 e. The van der Waals surface area contributed by atoms with Crippen LogP contribution in [-0.2, 0) is 9.59 Å². The van der Waals surface area contributed by atoms with Crippen molar-refractivity contribution in [1.82, 2.24) is 4.98 Å². The fraction of sp³-hybridized carbons (Fsp3) is 0.222. The first-order valence-electron chi connectivity index (χ1n) is 11.1. The fourth-order valence-electron chi connectivity index (χ4n) is 3.91. The Bertz CT molecular complexity index is 1200. The van der Waals surface area contributed by atoms with Gasteiger partial charge in [0.1, 0.15) is 17.6 Å². The lowest BCUT2D eigenvalue weighted by Crippen LogP contribution is -2.29. The van der Waals surface area contributed by atoms with Crippen molar-refractivity contribution in [1.29, 1.82) is 0 Å². The molecule has 1 unspecified atom stereocenters. The van der Waals surface area contributed by atoms with Crippen LogP contribution in [0.2, 0.25) is 0 Å². The number of aliphatic hydroxyl groups is 1. The summed E-state index contributed by atoms with van der Waals surface area (Å²) in [5.41, 5.74) is 2.42. The van der Waals surface area contributed by atoms with Gasteiger partial charge in [0.05, 0.1) is 17.9 Å². The van der Waals surface area contributed by atoms with Gasteiger partial charge in [0.25, 0.3) is 11.7 Å². The Kier molecular flexibility index (Phi) is 6.63. The van der Waals surface area contributed by atoms with E-state index in [1.165, 1.54) is 4.90 Å². The zero-order chi connectivity index (χ0) is 24.2. The maximum Gasteiger partial charge on any atom is 0.300 e. The van der Waals surface area contributed by atoms with Crippen molar-refractivity contribution in [2.24, 2.45) is 0 Å². The second-order valence-electron chi connectivity index (χ2n) is 8.21. The third-order valence-electron chi connectivity index (χ3n) is 5.66. The summed E-state index contributed by atoms with van der Waals surface area (Å²) in [7, 11) is 3.85. The number of benzene rings is 2. The van der Waals surface area contributed by atoms with E-state index in [1.807, 2.05) is 38.1 Å². The number of ether oxygens (including phenoxy) is 1. The second kappa shape index (κ2) is 9.79. The number of carbonyl (C=O) groups is 2. The number of nitrogens with zero attached hydrogens (tertiary/aromatic N) is 3. The molecule has 1 N–H and O–H groups in total. The van der Waals surface area contributed by atoms with Crippen molar-refractivity contribution < 1.29 is 19.4 Å². The van der Waals surface area contributed by atoms with Crippen LogP contribution >= 0.6 is 0 Å². The van der Waals surface area contributed by atoms with E-state index < -0.39 is 17.7 Å². The number of hydrogen-bond donors (Lipinski definition) is 1. The van der Waals surface area contributed by atoms with E-state index in [1.54, 1.807) is 60.8 Å². The molecule has 1 saturated heterocycles. The van der Waals surface area contributed by atoms with Crippen molar-refractivity contribution in [3.63, 3.8) is 0 Å². The summed E-state index contributed by atoms with van der Waals surface area (Å²) >= 11 is 0. The van der Waals surface area contributed by atoms with Crippen LogP contribution in [0.3, 0.4) is 0 Å². The molecule has 1 aliphatic heterocycles. The summed E-state index contributed by atoms with van der Waals surface area (Å²) in [6.07, 6.45) is 2.48. The van der Waals surface area contributed by atoms with Crippen LogP contribution in [-0.4, -0.2) is 42.5 Å². The van der Waals surface area contributed by atoms with Gasteiger partial charge in [-0.05, 0) is 67.1 Å². The molecular weight excluding hydrogens is 430 g/mol. The lowest BCUT2D eigenvalue weighted by Gasteiger charge is -2.25. The van der Waals surface area contributed by atoms with Crippen LogP contribution in [0.25, 0.3) is 5.76 Å². The van der Waals surface area contributed by atoms with Crippen molar-refractivity contribution in [3.05, 3.63) is 89.8 Å². The molecule has 0 saturated carbocycles. The fourth-order valence-corrected chi connectivity index (χ4v) is 3.91. The minimum absolute atomic E-state index is 0.00242. The Morgan fingerprint density at radius 3 is 2.32 bits per heavy atom. The summed E-state index contributed by atoms with van der Waals surface area (Å²) < 4.78 is 5.60. The molecule has 3 aromatic rings. The van der Waals surface area contributed by atoms with Gasteiger partial charge in [0.15, 0.2) is 0 Å². The first-order valence-corrected chi connectivity index (χ1v) is 11.1. The predicted molar refractivity (Wildman–Crippen MR) is 132 cm³/mol. The zero-order valence-corrected chi connectivity index (χ0v) is 19.4. The lowest BCUT2D eigenvalue weighted by atomic mass is 9.98.